The van der Waals surface area contributed by atoms with Crippen LogP contribution in [0.2, 0.25) is 0 Å². The van der Waals surface area contributed by atoms with Gasteiger partial charge in [0, 0.05) is 5.69 Å². The highest BCUT2D eigenvalue weighted by Crippen LogP contribution is 2.32. The van der Waals surface area contributed by atoms with Gasteiger partial charge in [-0.05, 0) is 49.7 Å². The average molecular weight is 391 g/mol. The fourth-order valence-corrected chi connectivity index (χ4v) is 4.25. The molecule has 0 fully saturated rings. The summed E-state index contributed by atoms with van der Waals surface area (Å²) in [5.41, 5.74) is 1.75. The maximum atomic E-state index is 13.8. The zero-order valence-electron chi connectivity index (χ0n) is 14.0. The van der Waals surface area contributed by atoms with Crippen molar-refractivity contribution in [1.82, 2.24) is 10.2 Å². The van der Waals surface area contributed by atoms with Crippen LogP contribution in [0, 0.1) is 18.6 Å². The number of benzene rings is 2. The summed E-state index contributed by atoms with van der Waals surface area (Å²) in [6.45, 7) is 3.62. The number of anilines is 2. The van der Waals surface area contributed by atoms with Crippen LogP contribution in [0.1, 0.15) is 22.8 Å². The normalized spacial score (nSPS) is 12.0. The molecule has 8 heteroatoms. The Morgan fingerprint density at radius 3 is 2.77 bits per heavy atom. The Labute approximate surface area is 157 Å². The zero-order valence-corrected chi connectivity index (χ0v) is 15.6. The summed E-state index contributed by atoms with van der Waals surface area (Å²) in [5, 5.41) is 11.2. The molecule has 3 rings (SSSR count). The number of aromatic nitrogens is 2. The highest BCUT2D eigenvalue weighted by atomic mass is 32.2. The summed E-state index contributed by atoms with van der Waals surface area (Å²) in [5.74, 6) is -1.87. The predicted octanol–water partition coefficient (Wildman–Crippen LogP) is 5.23. The molecule has 0 amide bonds. The molecule has 0 bridgehead atoms. The van der Waals surface area contributed by atoms with E-state index in [1.807, 2.05) is 31.2 Å². The number of carbonyl (C=O) groups excluding carboxylic acids is 1. The van der Waals surface area contributed by atoms with Crippen LogP contribution in [0.4, 0.5) is 19.6 Å². The van der Waals surface area contributed by atoms with Gasteiger partial charge < -0.3 is 5.32 Å². The molecule has 1 N–H and O–H groups in total. The van der Waals surface area contributed by atoms with Crippen molar-refractivity contribution in [3.8, 4) is 0 Å². The van der Waals surface area contributed by atoms with Gasteiger partial charge in [0.05, 0.1) is 10.8 Å². The van der Waals surface area contributed by atoms with E-state index < -0.39 is 22.7 Å². The lowest BCUT2D eigenvalue weighted by atomic mass is 10.1. The Kier molecular flexibility index (Phi) is 5.63. The zero-order chi connectivity index (χ0) is 18.7. The molecule has 1 aromatic heterocycles. The van der Waals surface area contributed by atoms with Gasteiger partial charge in [-0.1, -0.05) is 35.2 Å². The molecule has 0 radical (unpaired) electrons. The number of Topliss-reactive ketones (excluding diaryl/α,β-unsaturated/α-hetero) is 1. The van der Waals surface area contributed by atoms with E-state index in [2.05, 4.69) is 15.5 Å². The molecular weight excluding hydrogens is 376 g/mol. The Morgan fingerprint density at radius 1 is 1.19 bits per heavy atom. The van der Waals surface area contributed by atoms with E-state index in [0.29, 0.717) is 9.47 Å². The SMILES string of the molecule is Cc1cccc(Nc2nnc(SC(C)C(=O)c3cc(F)ccc3F)s2)c1. The van der Waals surface area contributed by atoms with Gasteiger partial charge in [0.2, 0.25) is 5.13 Å². The highest BCUT2D eigenvalue weighted by Gasteiger charge is 2.22. The second kappa shape index (κ2) is 7.92. The van der Waals surface area contributed by atoms with Crippen molar-refractivity contribution in [2.45, 2.75) is 23.4 Å². The number of rotatable bonds is 6. The molecular formula is C18H15F2N3OS2. The van der Waals surface area contributed by atoms with Crippen LogP contribution in [0.25, 0.3) is 0 Å². The maximum absolute atomic E-state index is 13.8. The first-order valence-electron chi connectivity index (χ1n) is 7.75. The molecule has 0 aliphatic heterocycles. The molecule has 3 aromatic rings. The van der Waals surface area contributed by atoms with Gasteiger partial charge in [-0.15, -0.1) is 10.2 Å². The van der Waals surface area contributed by atoms with Crippen LogP contribution in [0.5, 0.6) is 0 Å². The van der Waals surface area contributed by atoms with Crippen molar-refractivity contribution in [2.75, 3.05) is 5.32 Å². The lowest BCUT2D eigenvalue weighted by Crippen LogP contribution is -2.15. The van der Waals surface area contributed by atoms with Gasteiger partial charge >= 0.3 is 0 Å². The van der Waals surface area contributed by atoms with Gasteiger partial charge in [-0.25, -0.2) is 8.78 Å². The smallest absolute Gasteiger partial charge is 0.210 e. The van der Waals surface area contributed by atoms with Gasteiger partial charge in [-0.2, -0.15) is 0 Å². The van der Waals surface area contributed by atoms with Crippen molar-refractivity contribution in [2.24, 2.45) is 0 Å². The maximum Gasteiger partial charge on any atom is 0.210 e. The number of halogens is 2. The summed E-state index contributed by atoms with van der Waals surface area (Å²) >= 11 is 2.45. The van der Waals surface area contributed by atoms with Crippen molar-refractivity contribution in [3.05, 3.63) is 65.2 Å². The number of nitrogens with zero attached hydrogens (tertiary/aromatic N) is 2. The lowest BCUT2D eigenvalue weighted by Gasteiger charge is -2.08. The molecule has 0 aliphatic rings. The van der Waals surface area contributed by atoms with Crippen LogP contribution in [-0.2, 0) is 0 Å². The molecule has 0 saturated carbocycles. The number of thioether (sulfide) groups is 1. The molecule has 4 nitrogen and oxygen atoms in total. The minimum Gasteiger partial charge on any atom is -0.330 e. The minimum absolute atomic E-state index is 0.257. The van der Waals surface area contributed by atoms with E-state index in [1.165, 1.54) is 11.3 Å². The fourth-order valence-electron chi connectivity index (χ4n) is 2.26. The standard InChI is InChI=1S/C18H15F2N3OS2/c1-10-4-3-5-13(8-10)21-17-22-23-18(26-17)25-11(2)16(24)14-9-12(19)6-7-15(14)20/h3-9,11H,1-2H3,(H,21,22). The van der Waals surface area contributed by atoms with Crippen LogP contribution in [0.15, 0.2) is 46.8 Å². The van der Waals surface area contributed by atoms with E-state index in [-0.39, 0.29) is 5.56 Å². The van der Waals surface area contributed by atoms with Gasteiger partial charge in [0.25, 0.3) is 0 Å². The van der Waals surface area contributed by atoms with Gasteiger partial charge in [-0.3, -0.25) is 4.79 Å². The topological polar surface area (TPSA) is 54.9 Å². The van der Waals surface area contributed by atoms with Gasteiger partial charge in [0.15, 0.2) is 10.1 Å². The molecule has 1 unspecified atom stereocenters. The Bertz CT molecular complexity index is 946. The van der Waals surface area contributed by atoms with E-state index in [9.17, 15) is 13.6 Å². The van der Waals surface area contributed by atoms with Crippen LogP contribution in [-0.4, -0.2) is 21.2 Å². The molecule has 134 valence electrons. The quantitative estimate of drug-likeness (QED) is 0.460. The number of hydrogen-bond acceptors (Lipinski definition) is 6. The van der Waals surface area contributed by atoms with Gasteiger partial charge in [0.1, 0.15) is 11.6 Å². The van der Waals surface area contributed by atoms with E-state index in [1.54, 1.807) is 6.92 Å². The first-order valence-corrected chi connectivity index (χ1v) is 9.45. The first kappa shape index (κ1) is 18.5. The third-order valence-electron chi connectivity index (χ3n) is 3.52. The first-order chi connectivity index (χ1) is 12.4. The number of ketones is 1. The van der Waals surface area contributed by atoms with E-state index >= 15 is 0 Å². The Balaban J connectivity index is 1.68. The third kappa shape index (κ3) is 4.44. The summed E-state index contributed by atoms with van der Waals surface area (Å²) in [7, 11) is 0. The Morgan fingerprint density at radius 2 is 2.00 bits per heavy atom. The van der Waals surface area contributed by atoms with Crippen molar-refractivity contribution < 1.29 is 13.6 Å². The second-order valence-corrected chi connectivity index (χ2v) is 8.18. The molecule has 2 aromatic carbocycles. The molecule has 26 heavy (non-hydrogen) atoms. The van der Waals surface area contributed by atoms with Crippen LogP contribution < -0.4 is 5.32 Å². The Hall–Kier alpha value is -2.32. The number of carbonyl (C=O) groups is 1. The molecule has 0 aliphatic carbocycles. The molecule has 0 spiro atoms. The van der Waals surface area contributed by atoms with Crippen molar-refractivity contribution in [1.29, 1.82) is 0 Å². The summed E-state index contributed by atoms with van der Waals surface area (Å²) in [6, 6.07) is 10.7. The van der Waals surface area contributed by atoms with E-state index in [0.717, 1.165) is 41.2 Å². The molecule has 1 atom stereocenters. The molecule has 0 saturated heterocycles. The molecule has 1 heterocycles. The second-order valence-electron chi connectivity index (χ2n) is 5.62. The fraction of sp³-hybridized carbons (Fsp3) is 0.167. The van der Waals surface area contributed by atoms with Crippen molar-refractivity contribution in [3.63, 3.8) is 0 Å². The number of aryl methyl sites for hydroxylation is 1. The largest absolute Gasteiger partial charge is 0.330 e. The van der Waals surface area contributed by atoms with Crippen LogP contribution in [0.3, 0.4) is 0 Å². The predicted molar refractivity (Wildman–Crippen MR) is 100 cm³/mol. The monoisotopic (exact) mass is 391 g/mol. The summed E-state index contributed by atoms with van der Waals surface area (Å²) in [6.07, 6.45) is 0. The van der Waals surface area contributed by atoms with E-state index in [4.69, 9.17) is 0 Å². The summed E-state index contributed by atoms with van der Waals surface area (Å²) < 4.78 is 27.6. The highest BCUT2D eigenvalue weighted by molar-refractivity contribution is 8.02. The number of nitrogens with one attached hydrogen (secondary N) is 1. The lowest BCUT2D eigenvalue weighted by molar-refractivity contribution is 0.0989. The van der Waals surface area contributed by atoms with Crippen molar-refractivity contribution >= 4 is 39.7 Å². The minimum atomic E-state index is -0.733. The average Bonchev–Trinajstić information content (AvgIpc) is 3.03. The number of hydrogen-bond donors (Lipinski definition) is 1. The van der Waals surface area contributed by atoms with Crippen LogP contribution >= 0.6 is 23.1 Å². The third-order valence-corrected chi connectivity index (χ3v) is 5.54. The summed E-state index contributed by atoms with van der Waals surface area (Å²) in [4.78, 5) is 12.4.